The number of likely N-dealkylation sites (tertiary alicyclic amines) is 2. The molecule has 5 rings (SSSR count). The number of amides is 1. The molecule has 4 heterocycles. The molecule has 202 valence electrons. The molecular formula is C31H40ClN5O. The molecule has 38 heavy (non-hydrogen) atoms. The van der Waals surface area contributed by atoms with Crippen LogP contribution in [0.25, 0.3) is 22.6 Å². The number of nitrogens with zero attached hydrogens (tertiary/aromatic N) is 5. The Morgan fingerprint density at radius 3 is 2.53 bits per heavy atom. The van der Waals surface area contributed by atoms with Crippen molar-refractivity contribution in [3.8, 4) is 22.6 Å². The lowest BCUT2D eigenvalue weighted by Crippen LogP contribution is -2.46. The van der Waals surface area contributed by atoms with Crippen LogP contribution in [0, 0.1) is 0 Å². The van der Waals surface area contributed by atoms with Crippen molar-refractivity contribution in [1.82, 2.24) is 24.3 Å². The highest BCUT2D eigenvalue weighted by Crippen LogP contribution is 2.32. The minimum absolute atomic E-state index is 0.0461. The van der Waals surface area contributed by atoms with Crippen LogP contribution in [-0.4, -0.2) is 62.5 Å². The quantitative estimate of drug-likeness (QED) is 0.229. The molecule has 2 aliphatic rings. The number of unbranched alkanes of at least 4 members (excludes halogenated alkanes) is 3. The monoisotopic (exact) mass is 533 g/mol. The fourth-order valence-electron chi connectivity index (χ4n) is 6.07. The third kappa shape index (κ3) is 5.97. The van der Waals surface area contributed by atoms with E-state index in [9.17, 15) is 4.79 Å². The Labute approximate surface area is 232 Å². The van der Waals surface area contributed by atoms with Gasteiger partial charge in [0.05, 0.1) is 0 Å². The average molecular weight is 534 g/mol. The van der Waals surface area contributed by atoms with E-state index in [1.807, 2.05) is 22.6 Å². The minimum atomic E-state index is 0.0461. The maximum Gasteiger partial charge on any atom is 0.272 e. The number of piperidine rings is 1. The van der Waals surface area contributed by atoms with Crippen LogP contribution in [0.3, 0.4) is 0 Å². The van der Waals surface area contributed by atoms with Crippen LogP contribution in [0.5, 0.6) is 0 Å². The van der Waals surface area contributed by atoms with Gasteiger partial charge in [-0.3, -0.25) is 4.79 Å². The first-order valence-corrected chi connectivity index (χ1v) is 14.7. The lowest BCUT2D eigenvalue weighted by atomic mass is 10.0. The van der Waals surface area contributed by atoms with Gasteiger partial charge >= 0.3 is 0 Å². The molecule has 7 heteroatoms. The predicted molar refractivity (Wildman–Crippen MR) is 154 cm³/mol. The van der Waals surface area contributed by atoms with Crippen LogP contribution < -0.4 is 0 Å². The van der Waals surface area contributed by atoms with Gasteiger partial charge in [-0.1, -0.05) is 56.0 Å². The van der Waals surface area contributed by atoms with Crippen molar-refractivity contribution in [2.24, 2.45) is 7.05 Å². The van der Waals surface area contributed by atoms with Crippen molar-refractivity contribution in [3.05, 3.63) is 59.0 Å². The number of halogens is 1. The Bertz CT molecular complexity index is 1240. The van der Waals surface area contributed by atoms with Crippen molar-refractivity contribution in [2.45, 2.75) is 70.8 Å². The molecule has 0 saturated carbocycles. The number of benzene rings is 1. The standard InChI is InChI=1S/C31H40ClN5O/c1-3-4-5-6-10-23-11-9-12-25(21-23)30-34-28(24-13-16-33-27(32)22-24)29(35(30)2)31(38)37-19-14-26(15-20-37)36-17-7-8-18-36/h9,11-13,16,21-22,26H,3-8,10,14-15,17-20H2,1-2H3. The molecule has 6 nitrogen and oxygen atoms in total. The fourth-order valence-corrected chi connectivity index (χ4v) is 6.24. The van der Waals surface area contributed by atoms with Crippen LogP contribution in [0.2, 0.25) is 5.15 Å². The van der Waals surface area contributed by atoms with Gasteiger partial charge in [0.1, 0.15) is 22.4 Å². The third-order valence-electron chi connectivity index (χ3n) is 8.21. The summed E-state index contributed by atoms with van der Waals surface area (Å²) < 4.78 is 1.98. The first-order chi connectivity index (χ1) is 18.5. The zero-order valence-corrected chi connectivity index (χ0v) is 23.6. The van der Waals surface area contributed by atoms with Crippen LogP contribution in [0.4, 0.5) is 0 Å². The van der Waals surface area contributed by atoms with E-state index < -0.39 is 0 Å². The van der Waals surface area contributed by atoms with E-state index in [4.69, 9.17) is 16.6 Å². The molecule has 2 aromatic heterocycles. The highest BCUT2D eigenvalue weighted by molar-refractivity contribution is 6.29. The largest absolute Gasteiger partial charge is 0.337 e. The van der Waals surface area contributed by atoms with Gasteiger partial charge in [0.2, 0.25) is 0 Å². The first-order valence-electron chi connectivity index (χ1n) is 14.4. The van der Waals surface area contributed by atoms with E-state index in [2.05, 4.69) is 41.1 Å². The molecule has 0 atom stereocenters. The maximum atomic E-state index is 14.0. The summed E-state index contributed by atoms with van der Waals surface area (Å²) in [4.78, 5) is 27.9. The molecular weight excluding hydrogens is 494 g/mol. The van der Waals surface area contributed by atoms with E-state index >= 15 is 0 Å². The molecule has 0 unspecified atom stereocenters. The van der Waals surface area contributed by atoms with Crippen molar-refractivity contribution in [1.29, 1.82) is 0 Å². The smallest absolute Gasteiger partial charge is 0.272 e. The van der Waals surface area contributed by atoms with E-state index in [0.29, 0.717) is 22.6 Å². The number of aryl methyl sites for hydroxylation is 1. The van der Waals surface area contributed by atoms with Crippen molar-refractivity contribution >= 4 is 17.5 Å². The number of hydrogen-bond donors (Lipinski definition) is 0. The Morgan fingerprint density at radius 2 is 1.79 bits per heavy atom. The predicted octanol–water partition coefficient (Wildman–Crippen LogP) is 6.63. The lowest BCUT2D eigenvalue weighted by molar-refractivity contribution is 0.0636. The van der Waals surface area contributed by atoms with E-state index in [-0.39, 0.29) is 5.91 Å². The second-order valence-electron chi connectivity index (χ2n) is 10.8. The number of hydrogen-bond acceptors (Lipinski definition) is 4. The molecule has 3 aromatic rings. The number of pyridine rings is 1. The molecule has 1 aromatic carbocycles. The van der Waals surface area contributed by atoms with Gasteiger partial charge in [0.25, 0.3) is 5.91 Å². The summed E-state index contributed by atoms with van der Waals surface area (Å²) in [7, 11) is 1.97. The highest BCUT2D eigenvalue weighted by Gasteiger charge is 2.32. The Balaban J connectivity index is 1.44. The summed E-state index contributed by atoms with van der Waals surface area (Å²) in [6.45, 7) is 6.21. The molecule has 0 bridgehead atoms. The third-order valence-corrected chi connectivity index (χ3v) is 8.42. The SMILES string of the molecule is CCCCCCc1cccc(-c2nc(-c3ccnc(Cl)c3)c(C(=O)N3CCC(N4CCCC4)CC3)n2C)c1. The van der Waals surface area contributed by atoms with Gasteiger partial charge in [-0.05, 0) is 75.4 Å². The maximum absolute atomic E-state index is 14.0. The second kappa shape index (κ2) is 12.4. The molecule has 2 saturated heterocycles. The van der Waals surface area contributed by atoms with Gasteiger partial charge in [-0.2, -0.15) is 0 Å². The Hall–Kier alpha value is -2.70. The summed E-state index contributed by atoms with van der Waals surface area (Å²) in [6.07, 6.45) is 12.4. The van der Waals surface area contributed by atoms with Gasteiger partial charge in [0.15, 0.2) is 0 Å². The summed E-state index contributed by atoms with van der Waals surface area (Å²) in [5.74, 6) is 0.850. The Morgan fingerprint density at radius 1 is 1.00 bits per heavy atom. The molecule has 2 fully saturated rings. The summed E-state index contributed by atoms with van der Waals surface area (Å²) in [5.41, 5.74) is 4.46. The van der Waals surface area contributed by atoms with Gasteiger partial charge in [-0.15, -0.1) is 0 Å². The van der Waals surface area contributed by atoms with Crippen molar-refractivity contribution in [2.75, 3.05) is 26.2 Å². The van der Waals surface area contributed by atoms with Gasteiger partial charge in [0, 0.05) is 43.5 Å². The van der Waals surface area contributed by atoms with Gasteiger partial charge in [-0.25, -0.2) is 9.97 Å². The van der Waals surface area contributed by atoms with Crippen LogP contribution in [0.15, 0.2) is 42.6 Å². The first kappa shape index (κ1) is 26.9. The number of rotatable bonds is 9. The topological polar surface area (TPSA) is 54.3 Å². The number of aromatic nitrogens is 3. The molecule has 0 N–H and O–H groups in total. The summed E-state index contributed by atoms with van der Waals surface area (Å²) in [6, 6.07) is 12.9. The van der Waals surface area contributed by atoms with Crippen LogP contribution in [-0.2, 0) is 13.5 Å². The van der Waals surface area contributed by atoms with Gasteiger partial charge < -0.3 is 14.4 Å². The molecule has 2 aliphatic heterocycles. The average Bonchev–Trinajstić information content (AvgIpc) is 3.60. The van der Waals surface area contributed by atoms with E-state index in [1.165, 1.54) is 57.2 Å². The molecule has 0 spiro atoms. The summed E-state index contributed by atoms with van der Waals surface area (Å²) >= 11 is 6.26. The second-order valence-corrected chi connectivity index (χ2v) is 11.2. The normalized spacial score (nSPS) is 16.9. The Kier molecular flexibility index (Phi) is 8.80. The van der Waals surface area contributed by atoms with E-state index in [0.717, 1.165) is 49.3 Å². The lowest BCUT2D eigenvalue weighted by Gasteiger charge is -2.36. The number of imidazole rings is 1. The molecule has 1 amide bonds. The fraction of sp³-hybridized carbons (Fsp3) is 0.516. The number of carbonyl (C=O) groups is 1. The van der Waals surface area contributed by atoms with Crippen LogP contribution >= 0.6 is 11.6 Å². The zero-order valence-electron chi connectivity index (χ0n) is 22.8. The molecule has 0 aliphatic carbocycles. The van der Waals surface area contributed by atoms with Crippen LogP contribution in [0.1, 0.15) is 74.3 Å². The molecule has 0 radical (unpaired) electrons. The van der Waals surface area contributed by atoms with E-state index in [1.54, 1.807) is 12.3 Å². The highest BCUT2D eigenvalue weighted by atomic mass is 35.5. The zero-order chi connectivity index (χ0) is 26.5. The number of carbonyl (C=O) groups excluding carboxylic acids is 1. The van der Waals surface area contributed by atoms with Crippen molar-refractivity contribution < 1.29 is 4.79 Å². The van der Waals surface area contributed by atoms with Crippen molar-refractivity contribution in [3.63, 3.8) is 0 Å². The summed E-state index contributed by atoms with van der Waals surface area (Å²) in [5, 5.41) is 0.397. The minimum Gasteiger partial charge on any atom is -0.337 e.